The van der Waals surface area contributed by atoms with Gasteiger partial charge in [0.1, 0.15) is 12.3 Å². The molecule has 1 heterocycles. The quantitative estimate of drug-likeness (QED) is 0.178. The summed E-state index contributed by atoms with van der Waals surface area (Å²) < 4.78 is 83.6. The molecule has 0 bridgehead atoms. The van der Waals surface area contributed by atoms with Gasteiger partial charge in [-0.1, -0.05) is 0 Å². The van der Waals surface area contributed by atoms with Crippen LogP contribution >= 0.6 is 11.8 Å². The Bertz CT molecular complexity index is 1190. The second-order valence-corrected chi connectivity index (χ2v) is 11.3. The summed E-state index contributed by atoms with van der Waals surface area (Å²) in [6, 6.07) is 9.23. The predicted molar refractivity (Wildman–Crippen MR) is 145 cm³/mol. The van der Waals surface area contributed by atoms with Crippen molar-refractivity contribution in [3.8, 4) is 0 Å². The van der Waals surface area contributed by atoms with Crippen LogP contribution in [0.3, 0.4) is 0 Å². The van der Waals surface area contributed by atoms with E-state index >= 15 is 0 Å². The van der Waals surface area contributed by atoms with Crippen molar-refractivity contribution in [2.75, 3.05) is 48.2 Å². The number of rotatable bonds is 8. The molecule has 232 valence electrons. The Labute approximate surface area is 243 Å². The number of nitrogens with zero attached hydrogens (tertiary/aromatic N) is 3. The molecule has 4 rings (SSSR count). The van der Waals surface area contributed by atoms with Gasteiger partial charge in [0.05, 0.1) is 11.7 Å². The number of hydrogen-bond acceptors (Lipinski definition) is 8. The summed E-state index contributed by atoms with van der Waals surface area (Å²) >= 11 is -0.158. The number of halogens is 6. The second kappa shape index (κ2) is 13.6. The van der Waals surface area contributed by atoms with Gasteiger partial charge in [0.25, 0.3) is 0 Å². The van der Waals surface area contributed by atoms with E-state index in [1.165, 1.54) is 18.2 Å². The molecule has 0 unspecified atom stereocenters. The van der Waals surface area contributed by atoms with Crippen molar-refractivity contribution < 1.29 is 46.3 Å². The molecule has 42 heavy (non-hydrogen) atoms. The first-order valence-electron chi connectivity index (χ1n) is 13.4. The molecule has 15 heteroatoms. The van der Waals surface area contributed by atoms with E-state index in [2.05, 4.69) is 5.32 Å². The molecular weight excluding hydrogens is 590 g/mol. The number of amides is 1. The van der Waals surface area contributed by atoms with E-state index in [1.54, 1.807) is 17.0 Å². The third kappa shape index (κ3) is 9.06. The number of alkyl halides is 6. The van der Waals surface area contributed by atoms with E-state index < -0.39 is 28.2 Å². The maximum Gasteiger partial charge on any atom is 0.446 e. The number of benzene rings is 2. The summed E-state index contributed by atoms with van der Waals surface area (Å²) in [5.74, 6) is -0.143. The van der Waals surface area contributed by atoms with Gasteiger partial charge >= 0.3 is 11.7 Å². The summed E-state index contributed by atoms with van der Waals surface area (Å²) in [5, 5.41) is 20.7. The largest absolute Gasteiger partial charge is 0.446 e. The highest BCUT2D eigenvalue weighted by Crippen LogP contribution is 2.39. The topological polar surface area (TPSA) is 88.5 Å². The van der Waals surface area contributed by atoms with Crippen LogP contribution in [0.5, 0.6) is 0 Å². The van der Waals surface area contributed by atoms with E-state index in [0.717, 1.165) is 17.8 Å². The number of carbonyl (C=O) groups excluding carboxylic acids is 1. The highest BCUT2D eigenvalue weighted by Gasteiger charge is 2.36. The first-order chi connectivity index (χ1) is 19.8. The molecular formula is C27H32F6N4O4S. The molecule has 2 aliphatic rings. The van der Waals surface area contributed by atoms with Gasteiger partial charge in [-0.3, -0.25) is 15.2 Å². The van der Waals surface area contributed by atoms with Gasteiger partial charge < -0.3 is 19.9 Å². The molecule has 0 aromatic heterocycles. The first-order valence-corrected chi connectivity index (χ1v) is 14.3. The Morgan fingerprint density at radius 3 is 2.26 bits per heavy atom. The van der Waals surface area contributed by atoms with E-state index in [9.17, 15) is 31.1 Å². The minimum absolute atomic E-state index is 0.0820. The molecule has 0 spiro atoms. The number of hydrogen-bond donors (Lipinski definition) is 3. The van der Waals surface area contributed by atoms with E-state index in [0.29, 0.717) is 58.3 Å². The zero-order chi connectivity index (χ0) is 30.5. The van der Waals surface area contributed by atoms with Crippen LogP contribution in [-0.4, -0.2) is 71.7 Å². The SMILES string of the molecule is O=C(COC1CCC(Nc2ccc(N(O)O)c(C(F)(F)F)c2)CC1)N1CCCN(c2ccc(SC(F)(F)F)cc2)CC1. The lowest BCUT2D eigenvalue weighted by molar-refractivity contribution is -0.139. The lowest BCUT2D eigenvalue weighted by Gasteiger charge is -2.30. The smallest absolute Gasteiger partial charge is 0.382 e. The van der Waals surface area contributed by atoms with E-state index in [1.807, 2.05) is 4.90 Å². The monoisotopic (exact) mass is 622 g/mol. The van der Waals surface area contributed by atoms with Gasteiger partial charge in [0.2, 0.25) is 5.91 Å². The highest BCUT2D eigenvalue weighted by molar-refractivity contribution is 8.00. The fraction of sp³-hybridized carbons (Fsp3) is 0.519. The van der Waals surface area contributed by atoms with Crippen LogP contribution in [0, 0.1) is 0 Å². The van der Waals surface area contributed by atoms with Crippen LogP contribution in [0.15, 0.2) is 47.4 Å². The van der Waals surface area contributed by atoms with Gasteiger partial charge in [-0.25, -0.2) is 0 Å². The maximum absolute atomic E-state index is 13.3. The molecule has 0 radical (unpaired) electrons. The summed E-state index contributed by atoms with van der Waals surface area (Å²) in [4.78, 5) is 16.7. The zero-order valence-corrected chi connectivity index (χ0v) is 23.3. The van der Waals surface area contributed by atoms with Crippen molar-refractivity contribution in [1.82, 2.24) is 4.90 Å². The standard InChI is InChI=1S/C27H32F6N4O4S/c28-26(29,30)23-16-19(4-11-24(23)37(39)40)34-18-2-7-21(8-3-18)41-17-25(38)36-13-1-12-35(14-15-36)20-5-9-22(10-6-20)42-27(31,32)33/h4-6,9-11,16,18,21,34,39-40H,1-3,7-8,12-15,17H2. The molecule has 1 amide bonds. The average Bonchev–Trinajstić information content (AvgIpc) is 3.18. The fourth-order valence-corrected chi connectivity index (χ4v) is 5.74. The van der Waals surface area contributed by atoms with Crippen molar-refractivity contribution in [3.05, 3.63) is 48.0 Å². The fourth-order valence-electron chi connectivity index (χ4n) is 5.20. The van der Waals surface area contributed by atoms with Gasteiger partial charge in [-0.2, -0.15) is 26.3 Å². The van der Waals surface area contributed by atoms with Gasteiger partial charge in [0.15, 0.2) is 0 Å². The van der Waals surface area contributed by atoms with Crippen molar-refractivity contribution in [2.45, 2.75) is 60.8 Å². The predicted octanol–water partition coefficient (Wildman–Crippen LogP) is 6.38. The Morgan fingerprint density at radius 1 is 0.952 bits per heavy atom. The summed E-state index contributed by atoms with van der Waals surface area (Å²) in [7, 11) is 0. The minimum Gasteiger partial charge on any atom is -0.382 e. The van der Waals surface area contributed by atoms with Crippen molar-refractivity contribution in [1.29, 1.82) is 0 Å². The van der Waals surface area contributed by atoms with E-state index in [-0.39, 0.29) is 47.0 Å². The molecule has 2 aromatic rings. The van der Waals surface area contributed by atoms with Crippen LogP contribution < -0.4 is 15.4 Å². The Morgan fingerprint density at radius 2 is 1.64 bits per heavy atom. The normalized spacial score (nSPS) is 20.3. The molecule has 1 aliphatic carbocycles. The number of anilines is 3. The van der Waals surface area contributed by atoms with Crippen molar-refractivity contribution >= 4 is 34.7 Å². The van der Waals surface area contributed by atoms with Crippen LogP contribution in [-0.2, 0) is 15.7 Å². The molecule has 8 nitrogen and oxygen atoms in total. The molecule has 3 N–H and O–H groups in total. The first kappa shape index (κ1) is 32.0. The molecule has 2 aromatic carbocycles. The number of carbonyl (C=O) groups is 1. The maximum atomic E-state index is 13.3. The Kier molecular flexibility index (Phi) is 10.4. The van der Waals surface area contributed by atoms with Crippen molar-refractivity contribution in [3.63, 3.8) is 0 Å². The van der Waals surface area contributed by atoms with Gasteiger partial charge in [-0.05, 0) is 86.3 Å². The summed E-state index contributed by atoms with van der Waals surface area (Å²) in [5.41, 5.74) is -5.29. The number of ether oxygens (including phenoxy) is 1. The lowest BCUT2D eigenvalue weighted by atomic mass is 9.92. The van der Waals surface area contributed by atoms with Gasteiger partial charge in [-0.15, -0.1) is 5.23 Å². The minimum atomic E-state index is -4.77. The number of nitrogens with one attached hydrogen (secondary N) is 1. The Hall–Kier alpha value is -2.88. The van der Waals surface area contributed by atoms with Crippen LogP contribution in [0.2, 0.25) is 0 Å². The third-order valence-corrected chi connectivity index (χ3v) is 8.03. The molecule has 2 fully saturated rings. The average molecular weight is 623 g/mol. The highest BCUT2D eigenvalue weighted by atomic mass is 32.2. The van der Waals surface area contributed by atoms with Crippen LogP contribution in [0.25, 0.3) is 0 Å². The zero-order valence-electron chi connectivity index (χ0n) is 22.5. The Balaban J connectivity index is 1.20. The third-order valence-electron chi connectivity index (χ3n) is 7.29. The van der Waals surface area contributed by atoms with Crippen LogP contribution in [0.1, 0.15) is 37.7 Å². The van der Waals surface area contributed by atoms with Crippen molar-refractivity contribution in [2.24, 2.45) is 0 Å². The molecule has 1 saturated heterocycles. The molecule has 1 saturated carbocycles. The summed E-state index contributed by atoms with van der Waals surface area (Å²) in [6.07, 6.45) is -1.76. The van der Waals surface area contributed by atoms with E-state index in [4.69, 9.17) is 15.2 Å². The molecule has 0 atom stereocenters. The lowest BCUT2D eigenvalue weighted by Crippen LogP contribution is -2.39. The number of thioether (sulfide) groups is 1. The molecule has 1 aliphatic heterocycles. The van der Waals surface area contributed by atoms with Crippen LogP contribution in [0.4, 0.5) is 43.4 Å². The second-order valence-electron chi connectivity index (χ2n) is 10.2. The summed E-state index contributed by atoms with van der Waals surface area (Å²) in [6.45, 7) is 2.13. The van der Waals surface area contributed by atoms with Gasteiger partial charge in [0, 0.05) is 48.5 Å².